The largest absolute Gasteiger partial charge is 0.395 e. The highest BCUT2D eigenvalue weighted by Crippen LogP contribution is 2.03. The van der Waals surface area contributed by atoms with Crippen LogP contribution in [0.25, 0.3) is 0 Å². The Labute approximate surface area is 94.7 Å². The molecule has 0 aromatic carbocycles. The molecule has 1 unspecified atom stereocenters. The minimum absolute atomic E-state index is 0.00398. The lowest BCUT2D eigenvalue weighted by atomic mass is 10.2. The summed E-state index contributed by atoms with van der Waals surface area (Å²) < 4.78 is 4.94. The summed E-state index contributed by atoms with van der Waals surface area (Å²) >= 11 is 0. The zero-order valence-electron chi connectivity index (χ0n) is 9.18. The fourth-order valence-corrected chi connectivity index (χ4v) is 1.31. The molecule has 0 saturated carbocycles. The summed E-state index contributed by atoms with van der Waals surface area (Å²) in [5.41, 5.74) is 1.23. The molecule has 0 radical (unpaired) electrons. The smallest absolute Gasteiger partial charge is 0.144 e. The summed E-state index contributed by atoms with van der Waals surface area (Å²) in [6, 6.07) is 5.51. The van der Waals surface area contributed by atoms with Gasteiger partial charge < -0.3 is 15.2 Å². The normalized spacial score (nSPS) is 12.1. The maximum absolute atomic E-state index is 9.04. The van der Waals surface area contributed by atoms with Crippen molar-refractivity contribution in [2.24, 2.45) is 0 Å². The van der Waals surface area contributed by atoms with Crippen LogP contribution >= 0.6 is 0 Å². The average molecular weight is 221 g/mol. The number of nitriles is 1. The molecule has 16 heavy (non-hydrogen) atoms. The van der Waals surface area contributed by atoms with E-state index in [1.807, 2.05) is 12.1 Å². The Morgan fingerprint density at radius 1 is 1.69 bits per heavy atom. The van der Waals surface area contributed by atoms with Gasteiger partial charge in [-0.1, -0.05) is 6.07 Å². The SMILES string of the molecule is COCC(CO)NCc1cccnc1C#N. The third-order valence-corrected chi connectivity index (χ3v) is 2.17. The van der Waals surface area contributed by atoms with Crippen LogP contribution in [-0.2, 0) is 11.3 Å². The first kappa shape index (κ1) is 12.6. The number of nitrogens with zero attached hydrogens (tertiary/aromatic N) is 2. The van der Waals surface area contributed by atoms with E-state index >= 15 is 0 Å². The zero-order chi connectivity index (χ0) is 11.8. The van der Waals surface area contributed by atoms with Gasteiger partial charge in [0.15, 0.2) is 0 Å². The number of nitrogens with one attached hydrogen (secondary N) is 1. The van der Waals surface area contributed by atoms with Gasteiger partial charge in [0, 0.05) is 25.4 Å². The van der Waals surface area contributed by atoms with Crippen LogP contribution in [0, 0.1) is 11.3 Å². The molecule has 1 atom stereocenters. The van der Waals surface area contributed by atoms with Crippen LogP contribution < -0.4 is 5.32 Å². The van der Waals surface area contributed by atoms with E-state index in [-0.39, 0.29) is 12.6 Å². The van der Waals surface area contributed by atoms with Crippen LogP contribution in [0.1, 0.15) is 11.3 Å². The second-order valence-electron chi connectivity index (χ2n) is 3.34. The van der Waals surface area contributed by atoms with E-state index in [0.717, 1.165) is 5.56 Å². The number of aliphatic hydroxyl groups excluding tert-OH is 1. The first-order chi connectivity index (χ1) is 7.81. The predicted molar refractivity (Wildman–Crippen MR) is 58.5 cm³/mol. The first-order valence-corrected chi connectivity index (χ1v) is 4.99. The maximum Gasteiger partial charge on any atom is 0.144 e. The number of pyridine rings is 1. The van der Waals surface area contributed by atoms with Gasteiger partial charge in [0.05, 0.1) is 19.3 Å². The van der Waals surface area contributed by atoms with Gasteiger partial charge in [0.25, 0.3) is 0 Å². The van der Waals surface area contributed by atoms with Gasteiger partial charge in [-0.15, -0.1) is 0 Å². The summed E-state index contributed by atoms with van der Waals surface area (Å²) in [7, 11) is 1.58. The third kappa shape index (κ3) is 3.59. The highest BCUT2D eigenvalue weighted by Gasteiger charge is 2.08. The number of hydrogen-bond acceptors (Lipinski definition) is 5. The molecule has 0 aliphatic carbocycles. The molecule has 0 fully saturated rings. The Morgan fingerprint density at radius 3 is 3.12 bits per heavy atom. The van der Waals surface area contributed by atoms with Crippen molar-refractivity contribution in [2.45, 2.75) is 12.6 Å². The van der Waals surface area contributed by atoms with Crippen LogP contribution in [0.15, 0.2) is 18.3 Å². The Hall–Kier alpha value is -1.48. The third-order valence-electron chi connectivity index (χ3n) is 2.17. The minimum Gasteiger partial charge on any atom is -0.395 e. The van der Waals surface area contributed by atoms with Crippen LogP contribution in [0.3, 0.4) is 0 Å². The van der Waals surface area contributed by atoms with Crippen molar-refractivity contribution in [2.75, 3.05) is 20.3 Å². The minimum atomic E-state index is -0.128. The number of aliphatic hydroxyl groups is 1. The van der Waals surface area contributed by atoms with Gasteiger partial charge in [-0.25, -0.2) is 4.98 Å². The molecule has 0 aliphatic rings. The van der Waals surface area contributed by atoms with Crippen LogP contribution in [0.4, 0.5) is 0 Å². The van der Waals surface area contributed by atoms with Crippen molar-refractivity contribution in [3.63, 3.8) is 0 Å². The van der Waals surface area contributed by atoms with Gasteiger partial charge in [-0.05, 0) is 6.07 Å². The standard InChI is InChI=1S/C11H15N3O2/c1-16-8-10(7-15)14-6-9-3-2-4-13-11(9)5-12/h2-4,10,14-15H,6-8H2,1H3. The van der Waals surface area contributed by atoms with Crippen LogP contribution in [0.2, 0.25) is 0 Å². The van der Waals surface area contributed by atoms with Crippen molar-refractivity contribution >= 4 is 0 Å². The summed E-state index contributed by atoms with van der Waals surface area (Å²) in [6.07, 6.45) is 1.58. The maximum atomic E-state index is 9.04. The second kappa shape index (κ2) is 6.90. The molecular formula is C11H15N3O2. The van der Waals surface area contributed by atoms with E-state index in [0.29, 0.717) is 18.8 Å². The first-order valence-electron chi connectivity index (χ1n) is 4.99. The highest BCUT2D eigenvalue weighted by molar-refractivity contribution is 5.30. The summed E-state index contributed by atoms with van der Waals surface area (Å²) in [5, 5.41) is 21.0. The number of hydrogen-bond donors (Lipinski definition) is 2. The quantitative estimate of drug-likeness (QED) is 0.709. The van der Waals surface area contributed by atoms with Gasteiger partial charge in [0.2, 0.25) is 0 Å². The molecule has 1 aromatic rings. The molecule has 0 saturated heterocycles. The molecule has 0 bridgehead atoms. The fraction of sp³-hybridized carbons (Fsp3) is 0.455. The molecule has 1 rings (SSSR count). The van der Waals surface area contributed by atoms with Gasteiger partial charge in [-0.2, -0.15) is 5.26 Å². The van der Waals surface area contributed by atoms with Crippen molar-refractivity contribution < 1.29 is 9.84 Å². The molecular weight excluding hydrogens is 206 g/mol. The van der Waals surface area contributed by atoms with E-state index in [2.05, 4.69) is 10.3 Å². The Kier molecular flexibility index (Phi) is 5.43. The molecule has 5 nitrogen and oxygen atoms in total. The highest BCUT2D eigenvalue weighted by atomic mass is 16.5. The average Bonchev–Trinajstić information content (AvgIpc) is 2.34. The number of aromatic nitrogens is 1. The van der Waals surface area contributed by atoms with E-state index in [1.165, 1.54) is 0 Å². The zero-order valence-corrected chi connectivity index (χ0v) is 9.18. The van der Waals surface area contributed by atoms with E-state index in [1.54, 1.807) is 19.4 Å². The lowest BCUT2D eigenvalue weighted by Crippen LogP contribution is -2.36. The number of rotatable bonds is 6. The van der Waals surface area contributed by atoms with Gasteiger partial charge in [0.1, 0.15) is 11.8 Å². The van der Waals surface area contributed by atoms with Crippen molar-refractivity contribution in [3.8, 4) is 6.07 Å². The second-order valence-corrected chi connectivity index (χ2v) is 3.34. The Balaban J connectivity index is 2.56. The summed E-state index contributed by atoms with van der Waals surface area (Å²) in [6.45, 7) is 0.917. The van der Waals surface area contributed by atoms with E-state index in [9.17, 15) is 0 Å². The van der Waals surface area contributed by atoms with Crippen molar-refractivity contribution in [1.29, 1.82) is 5.26 Å². The van der Waals surface area contributed by atoms with Crippen molar-refractivity contribution in [3.05, 3.63) is 29.6 Å². The summed E-state index contributed by atoms with van der Waals surface area (Å²) in [4.78, 5) is 3.95. The van der Waals surface area contributed by atoms with Crippen molar-refractivity contribution in [1.82, 2.24) is 10.3 Å². The Morgan fingerprint density at radius 2 is 2.50 bits per heavy atom. The molecule has 0 aliphatic heterocycles. The Bertz CT molecular complexity index is 362. The molecule has 1 aromatic heterocycles. The van der Waals surface area contributed by atoms with Crippen LogP contribution in [-0.4, -0.2) is 36.5 Å². The topological polar surface area (TPSA) is 78.2 Å². The molecule has 0 amide bonds. The van der Waals surface area contributed by atoms with Crippen LogP contribution in [0.5, 0.6) is 0 Å². The molecule has 1 heterocycles. The lowest BCUT2D eigenvalue weighted by Gasteiger charge is -2.15. The molecule has 86 valence electrons. The lowest BCUT2D eigenvalue weighted by molar-refractivity contribution is 0.128. The molecule has 5 heteroatoms. The van der Waals surface area contributed by atoms with E-state index in [4.69, 9.17) is 15.1 Å². The monoisotopic (exact) mass is 221 g/mol. The fourth-order valence-electron chi connectivity index (χ4n) is 1.31. The molecule has 0 spiro atoms. The predicted octanol–water partition coefficient (Wildman–Crippen LogP) is 0.0502. The van der Waals surface area contributed by atoms with Gasteiger partial charge >= 0.3 is 0 Å². The van der Waals surface area contributed by atoms with Gasteiger partial charge in [-0.3, -0.25) is 0 Å². The number of methoxy groups -OCH3 is 1. The van der Waals surface area contributed by atoms with E-state index < -0.39 is 0 Å². The number of ether oxygens (including phenoxy) is 1. The molecule has 2 N–H and O–H groups in total. The summed E-state index contributed by atoms with van der Waals surface area (Å²) in [5.74, 6) is 0.